The number of hydrogen-bond donors (Lipinski definition) is 4. The van der Waals surface area contributed by atoms with Crippen molar-refractivity contribution in [2.45, 2.75) is 38.4 Å². The van der Waals surface area contributed by atoms with Crippen LogP contribution in [0.5, 0.6) is 0 Å². The number of aryl methyl sites for hydroxylation is 1. The molecule has 0 aromatic carbocycles. The second kappa shape index (κ2) is 9.76. The predicted octanol–water partition coefficient (Wildman–Crippen LogP) is -2.37. The van der Waals surface area contributed by atoms with Crippen molar-refractivity contribution in [2.24, 2.45) is 0 Å². The standard InChI is InChI=1S/C16H25N3O8/c1-9-5-19(16(24)18-15(9)23)13-4-17-3-11(27-13)7-26-14(22)8-25-12(6-20)10(2)21/h5,10-13,17,20-21H,3-4,6-8H2,1-2H3,(H,18,23,24)/t10-,11?,12?,13?/m1/s1. The number of rotatable bonds is 8. The predicted molar refractivity (Wildman–Crippen MR) is 92.3 cm³/mol. The Morgan fingerprint density at radius 1 is 1.44 bits per heavy atom. The Kier molecular flexibility index (Phi) is 7.68. The van der Waals surface area contributed by atoms with Crippen molar-refractivity contribution >= 4 is 5.97 Å². The summed E-state index contributed by atoms with van der Waals surface area (Å²) in [6.45, 7) is 2.88. The summed E-state index contributed by atoms with van der Waals surface area (Å²) < 4.78 is 17.2. The van der Waals surface area contributed by atoms with Crippen molar-refractivity contribution in [3.05, 3.63) is 32.6 Å². The minimum atomic E-state index is -0.923. The van der Waals surface area contributed by atoms with Crippen LogP contribution in [0.1, 0.15) is 18.7 Å². The van der Waals surface area contributed by atoms with Crippen LogP contribution in [0, 0.1) is 6.92 Å². The van der Waals surface area contributed by atoms with Gasteiger partial charge in [0, 0.05) is 24.8 Å². The Morgan fingerprint density at radius 2 is 2.19 bits per heavy atom. The van der Waals surface area contributed by atoms with Gasteiger partial charge in [0.2, 0.25) is 0 Å². The van der Waals surface area contributed by atoms with Crippen molar-refractivity contribution < 1.29 is 29.2 Å². The van der Waals surface area contributed by atoms with Crippen molar-refractivity contribution in [2.75, 3.05) is 32.9 Å². The summed E-state index contributed by atoms with van der Waals surface area (Å²) in [6, 6.07) is 0. The molecule has 0 spiro atoms. The van der Waals surface area contributed by atoms with Crippen LogP contribution in [0.4, 0.5) is 0 Å². The van der Waals surface area contributed by atoms with Gasteiger partial charge in [-0.05, 0) is 13.8 Å². The van der Waals surface area contributed by atoms with Gasteiger partial charge in [-0.2, -0.15) is 0 Å². The van der Waals surface area contributed by atoms with E-state index in [2.05, 4.69) is 10.3 Å². The van der Waals surface area contributed by atoms with Crippen molar-refractivity contribution in [1.29, 1.82) is 0 Å². The summed E-state index contributed by atoms with van der Waals surface area (Å²) in [5, 5.41) is 21.4. The number of aromatic nitrogens is 2. The normalized spacial score (nSPS) is 22.2. The lowest BCUT2D eigenvalue weighted by molar-refractivity contribution is -0.164. The van der Waals surface area contributed by atoms with Crippen molar-refractivity contribution in [3.8, 4) is 0 Å². The topological polar surface area (TPSA) is 152 Å². The highest BCUT2D eigenvalue weighted by Gasteiger charge is 2.26. The summed E-state index contributed by atoms with van der Waals surface area (Å²) in [7, 11) is 0. The zero-order chi connectivity index (χ0) is 20.0. The molecule has 1 aromatic heterocycles. The molecule has 4 atom stereocenters. The number of nitrogens with one attached hydrogen (secondary N) is 2. The van der Waals surface area contributed by atoms with E-state index in [1.165, 1.54) is 17.7 Å². The van der Waals surface area contributed by atoms with E-state index in [0.717, 1.165) is 0 Å². The first kappa shape index (κ1) is 21.3. The molecule has 4 N–H and O–H groups in total. The molecule has 1 aliphatic rings. The molecule has 1 aliphatic heterocycles. The Morgan fingerprint density at radius 3 is 2.85 bits per heavy atom. The molecule has 11 heteroatoms. The number of carbonyl (C=O) groups excluding carboxylic acids is 1. The summed E-state index contributed by atoms with van der Waals surface area (Å²) in [6.07, 6.45) is -1.53. The summed E-state index contributed by atoms with van der Waals surface area (Å²) in [5.41, 5.74) is -0.666. The van der Waals surface area contributed by atoms with E-state index in [4.69, 9.17) is 19.3 Å². The van der Waals surface area contributed by atoms with E-state index < -0.39 is 55.0 Å². The molecule has 1 saturated heterocycles. The zero-order valence-corrected chi connectivity index (χ0v) is 15.2. The van der Waals surface area contributed by atoms with E-state index in [1.54, 1.807) is 6.92 Å². The lowest BCUT2D eigenvalue weighted by atomic mass is 10.2. The van der Waals surface area contributed by atoms with Gasteiger partial charge < -0.3 is 29.7 Å². The van der Waals surface area contributed by atoms with Crippen LogP contribution < -0.4 is 16.6 Å². The van der Waals surface area contributed by atoms with Gasteiger partial charge in [-0.15, -0.1) is 0 Å². The molecule has 0 radical (unpaired) electrons. The molecule has 2 heterocycles. The third-order valence-electron chi connectivity index (χ3n) is 4.06. The molecule has 0 bridgehead atoms. The van der Waals surface area contributed by atoms with Crippen LogP contribution in [0.15, 0.2) is 15.8 Å². The van der Waals surface area contributed by atoms with E-state index in [-0.39, 0.29) is 6.61 Å². The molecule has 3 unspecified atom stereocenters. The number of esters is 1. The second-order valence-electron chi connectivity index (χ2n) is 6.31. The van der Waals surface area contributed by atoms with Gasteiger partial charge in [0.05, 0.1) is 12.7 Å². The molecule has 1 aromatic rings. The van der Waals surface area contributed by atoms with E-state index in [0.29, 0.717) is 18.7 Å². The maximum Gasteiger partial charge on any atom is 0.332 e. The summed E-state index contributed by atoms with van der Waals surface area (Å²) in [4.78, 5) is 37.4. The van der Waals surface area contributed by atoms with E-state index in [9.17, 15) is 19.5 Å². The molecule has 0 aliphatic carbocycles. The van der Waals surface area contributed by atoms with Gasteiger partial charge >= 0.3 is 11.7 Å². The van der Waals surface area contributed by atoms with Gasteiger partial charge in [-0.3, -0.25) is 14.3 Å². The highest BCUT2D eigenvalue weighted by Crippen LogP contribution is 2.13. The third kappa shape index (κ3) is 5.97. The molecule has 1 fully saturated rings. The smallest absolute Gasteiger partial charge is 0.332 e. The molecular formula is C16H25N3O8. The molecule has 0 saturated carbocycles. The van der Waals surface area contributed by atoms with Crippen LogP contribution >= 0.6 is 0 Å². The van der Waals surface area contributed by atoms with Gasteiger partial charge in [-0.1, -0.05) is 0 Å². The summed E-state index contributed by atoms with van der Waals surface area (Å²) in [5.74, 6) is -0.670. The highest BCUT2D eigenvalue weighted by atomic mass is 16.6. The fraction of sp³-hybridized carbons (Fsp3) is 0.688. The molecule has 11 nitrogen and oxygen atoms in total. The number of ether oxygens (including phenoxy) is 3. The SMILES string of the molecule is Cc1cn(C2CNCC(COC(=O)COC(CO)[C@@H](C)O)O2)c(=O)[nH]c1=O. The fourth-order valence-corrected chi connectivity index (χ4v) is 2.50. The molecule has 27 heavy (non-hydrogen) atoms. The monoisotopic (exact) mass is 387 g/mol. The average Bonchev–Trinajstić information content (AvgIpc) is 2.63. The first-order valence-electron chi connectivity index (χ1n) is 8.56. The zero-order valence-electron chi connectivity index (χ0n) is 15.2. The van der Waals surface area contributed by atoms with Crippen LogP contribution in [0.2, 0.25) is 0 Å². The maximum atomic E-state index is 12.0. The second-order valence-corrected chi connectivity index (χ2v) is 6.31. The minimum absolute atomic E-state index is 0.0682. The number of aliphatic hydroxyl groups is 2. The number of carbonyl (C=O) groups is 1. The maximum absolute atomic E-state index is 12.0. The third-order valence-corrected chi connectivity index (χ3v) is 4.06. The first-order chi connectivity index (χ1) is 12.8. The number of H-pyrrole nitrogens is 1. The summed E-state index contributed by atoms with van der Waals surface area (Å²) >= 11 is 0. The molecule has 152 valence electrons. The molecule has 2 rings (SSSR count). The van der Waals surface area contributed by atoms with Gasteiger partial charge in [0.15, 0.2) is 6.23 Å². The van der Waals surface area contributed by atoms with Gasteiger partial charge in [-0.25, -0.2) is 9.59 Å². The fourth-order valence-electron chi connectivity index (χ4n) is 2.50. The minimum Gasteiger partial charge on any atom is -0.461 e. The Labute approximate surface area is 154 Å². The van der Waals surface area contributed by atoms with E-state index in [1.807, 2.05) is 0 Å². The van der Waals surface area contributed by atoms with Crippen LogP contribution in [0.25, 0.3) is 0 Å². The Balaban J connectivity index is 1.86. The Bertz CT molecular complexity index is 744. The largest absolute Gasteiger partial charge is 0.461 e. The lowest BCUT2D eigenvalue weighted by Gasteiger charge is -2.31. The van der Waals surface area contributed by atoms with Crippen molar-refractivity contribution in [1.82, 2.24) is 14.9 Å². The molecule has 0 amide bonds. The average molecular weight is 387 g/mol. The van der Waals surface area contributed by atoms with Crippen LogP contribution in [0.3, 0.4) is 0 Å². The number of aliphatic hydroxyl groups excluding tert-OH is 2. The first-order valence-corrected chi connectivity index (χ1v) is 8.56. The quantitative estimate of drug-likeness (QED) is 0.359. The lowest BCUT2D eigenvalue weighted by Crippen LogP contribution is -2.48. The van der Waals surface area contributed by atoms with Crippen LogP contribution in [-0.2, 0) is 19.0 Å². The van der Waals surface area contributed by atoms with Gasteiger partial charge in [0.1, 0.15) is 25.4 Å². The van der Waals surface area contributed by atoms with E-state index >= 15 is 0 Å². The van der Waals surface area contributed by atoms with Crippen molar-refractivity contribution in [3.63, 3.8) is 0 Å². The Hall–Kier alpha value is -2.05. The number of morpholine rings is 1. The van der Waals surface area contributed by atoms with Crippen LogP contribution in [-0.4, -0.2) is 77.0 Å². The van der Waals surface area contributed by atoms with Gasteiger partial charge in [0.25, 0.3) is 5.56 Å². The number of aromatic amines is 1. The number of hydrogen-bond acceptors (Lipinski definition) is 9. The molecular weight excluding hydrogens is 362 g/mol. The highest BCUT2D eigenvalue weighted by molar-refractivity contribution is 5.70. The number of nitrogens with zero attached hydrogens (tertiary/aromatic N) is 1.